The minimum absolute atomic E-state index is 0.00205. The van der Waals surface area contributed by atoms with Crippen LogP contribution in [-0.4, -0.2) is 23.0 Å². The molecule has 0 heterocycles. The molecule has 3 aromatic rings. The van der Waals surface area contributed by atoms with Gasteiger partial charge in [-0.3, -0.25) is 9.59 Å². The number of phenolic OH excluding ortho intramolecular Hbond substituents is 1. The fourth-order valence-electron chi connectivity index (χ4n) is 3.10. The lowest BCUT2D eigenvalue weighted by Crippen LogP contribution is -2.40. The monoisotopic (exact) mass is 418 g/mol. The van der Waals surface area contributed by atoms with E-state index in [1.807, 2.05) is 31.2 Å². The van der Waals surface area contributed by atoms with Gasteiger partial charge < -0.3 is 15.7 Å². The predicted octanol–water partition coefficient (Wildman–Crippen LogP) is 4.05. The molecule has 0 saturated carbocycles. The highest BCUT2D eigenvalue weighted by Crippen LogP contribution is 2.13. The number of nitrogens with one attached hydrogen (secondary N) is 2. The molecule has 0 aliphatic rings. The van der Waals surface area contributed by atoms with Gasteiger partial charge in [0.25, 0.3) is 11.8 Å². The van der Waals surface area contributed by atoms with Crippen LogP contribution in [0.5, 0.6) is 5.75 Å². The Morgan fingerprint density at radius 1 is 1.00 bits per heavy atom. The molecule has 31 heavy (non-hydrogen) atoms. The molecule has 6 heteroatoms. The van der Waals surface area contributed by atoms with Crippen molar-refractivity contribution in [3.63, 3.8) is 0 Å². The topological polar surface area (TPSA) is 78.4 Å². The minimum Gasteiger partial charge on any atom is -0.508 e. The summed E-state index contributed by atoms with van der Waals surface area (Å²) in [6.07, 6.45) is 2.02. The number of rotatable bonds is 7. The molecule has 2 amide bonds. The molecule has 1 unspecified atom stereocenters. The first-order valence-corrected chi connectivity index (χ1v) is 9.84. The maximum atomic E-state index is 14.0. The fourth-order valence-corrected chi connectivity index (χ4v) is 3.10. The van der Waals surface area contributed by atoms with Crippen molar-refractivity contribution in [2.45, 2.75) is 19.4 Å². The lowest BCUT2D eigenvalue weighted by atomic mass is 10.1. The number of phenols is 1. The van der Waals surface area contributed by atoms with E-state index in [1.54, 1.807) is 36.4 Å². The molecule has 3 N–H and O–H groups in total. The van der Waals surface area contributed by atoms with Crippen LogP contribution in [0, 0.1) is 5.82 Å². The maximum absolute atomic E-state index is 14.0. The Hall–Kier alpha value is -3.93. The van der Waals surface area contributed by atoms with Gasteiger partial charge in [0.2, 0.25) is 0 Å². The Morgan fingerprint density at radius 3 is 2.42 bits per heavy atom. The van der Waals surface area contributed by atoms with Crippen molar-refractivity contribution < 1.29 is 19.1 Å². The largest absolute Gasteiger partial charge is 0.508 e. The molecule has 0 aromatic heterocycles. The van der Waals surface area contributed by atoms with Gasteiger partial charge in [0, 0.05) is 6.04 Å². The van der Waals surface area contributed by atoms with Crippen molar-refractivity contribution in [2.75, 3.05) is 0 Å². The molecule has 3 rings (SSSR count). The molecule has 3 aromatic carbocycles. The van der Waals surface area contributed by atoms with Crippen LogP contribution in [0.15, 0.2) is 84.6 Å². The van der Waals surface area contributed by atoms with Gasteiger partial charge in [-0.15, -0.1) is 0 Å². The van der Waals surface area contributed by atoms with Crippen molar-refractivity contribution in [2.24, 2.45) is 0 Å². The number of aromatic hydroxyl groups is 1. The Morgan fingerprint density at radius 2 is 1.71 bits per heavy atom. The van der Waals surface area contributed by atoms with E-state index in [2.05, 4.69) is 10.6 Å². The summed E-state index contributed by atoms with van der Waals surface area (Å²) in [6.45, 7) is 1.82. The second-order valence-electron chi connectivity index (χ2n) is 7.15. The standard InChI is InChI=1S/C25H23FN2O3/c1-17(14-19-10-7-11-20(29)15-19)27-25(31)23(16-18-8-3-2-4-9-18)28-24(30)21-12-5-6-13-22(21)26/h2-13,15-17,29H,14H2,1H3,(H,27,31)(H,28,30)/b23-16-. The van der Waals surface area contributed by atoms with Crippen molar-refractivity contribution in [3.8, 4) is 5.75 Å². The first-order chi connectivity index (χ1) is 14.9. The first-order valence-electron chi connectivity index (χ1n) is 9.84. The van der Waals surface area contributed by atoms with Crippen molar-refractivity contribution in [3.05, 3.63) is 107 Å². The molecule has 0 bridgehead atoms. The minimum atomic E-state index is -0.712. The lowest BCUT2D eigenvalue weighted by molar-refractivity contribution is -0.118. The van der Waals surface area contributed by atoms with E-state index in [0.29, 0.717) is 12.0 Å². The molecule has 1 atom stereocenters. The Balaban J connectivity index is 1.78. The first kappa shape index (κ1) is 21.8. The van der Waals surface area contributed by atoms with E-state index >= 15 is 0 Å². The highest BCUT2D eigenvalue weighted by atomic mass is 19.1. The summed E-state index contributed by atoms with van der Waals surface area (Å²) in [7, 11) is 0. The molecule has 158 valence electrons. The summed E-state index contributed by atoms with van der Waals surface area (Å²) in [4.78, 5) is 25.5. The highest BCUT2D eigenvalue weighted by molar-refractivity contribution is 6.05. The van der Waals surface area contributed by atoms with E-state index in [1.165, 1.54) is 24.3 Å². The van der Waals surface area contributed by atoms with Crippen molar-refractivity contribution >= 4 is 17.9 Å². The summed E-state index contributed by atoms with van der Waals surface area (Å²) < 4.78 is 14.0. The van der Waals surface area contributed by atoms with Gasteiger partial charge in [-0.25, -0.2) is 4.39 Å². The number of halogens is 1. The third-order valence-corrected chi connectivity index (χ3v) is 4.55. The van der Waals surface area contributed by atoms with Crippen LogP contribution in [0.25, 0.3) is 6.08 Å². The van der Waals surface area contributed by atoms with Gasteiger partial charge in [0.1, 0.15) is 17.3 Å². The number of benzene rings is 3. The summed E-state index contributed by atoms with van der Waals surface area (Å²) in [5, 5.41) is 15.0. The van der Waals surface area contributed by atoms with E-state index in [-0.39, 0.29) is 23.1 Å². The van der Waals surface area contributed by atoms with E-state index in [0.717, 1.165) is 5.56 Å². The Kier molecular flexibility index (Phi) is 7.17. The summed E-state index contributed by atoms with van der Waals surface area (Å²) in [6, 6.07) is 21.1. The Labute approximate surface area is 180 Å². The third kappa shape index (κ3) is 6.27. The highest BCUT2D eigenvalue weighted by Gasteiger charge is 2.18. The number of carbonyl (C=O) groups is 2. The summed E-state index contributed by atoms with van der Waals surface area (Å²) >= 11 is 0. The second kappa shape index (κ2) is 10.2. The molecule has 0 saturated heterocycles. The average Bonchev–Trinajstić information content (AvgIpc) is 2.74. The zero-order chi connectivity index (χ0) is 22.2. The summed E-state index contributed by atoms with van der Waals surface area (Å²) in [5.41, 5.74) is 1.42. The van der Waals surface area contributed by atoms with Crippen molar-refractivity contribution in [1.82, 2.24) is 10.6 Å². The predicted molar refractivity (Wildman–Crippen MR) is 118 cm³/mol. The zero-order valence-electron chi connectivity index (χ0n) is 17.0. The van der Waals surface area contributed by atoms with Gasteiger partial charge in [-0.2, -0.15) is 0 Å². The van der Waals surface area contributed by atoms with E-state index in [4.69, 9.17) is 0 Å². The van der Waals surface area contributed by atoms with Crippen LogP contribution in [0.1, 0.15) is 28.4 Å². The molecule has 5 nitrogen and oxygen atoms in total. The zero-order valence-corrected chi connectivity index (χ0v) is 17.0. The molecule has 0 radical (unpaired) electrons. The van der Waals surface area contributed by atoms with Gasteiger partial charge in [-0.05, 0) is 54.8 Å². The van der Waals surface area contributed by atoms with E-state index < -0.39 is 17.6 Å². The van der Waals surface area contributed by atoms with Crippen LogP contribution in [0.3, 0.4) is 0 Å². The van der Waals surface area contributed by atoms with Crippen LogP contribution in [0.2, 0.25) is 0 Å². The second-order valence-corrected chi connectivity index (χ2v) is 7.15. The molecule has 0 fully saturated rings. The van der Waals surface area contributed by atoms with Gasteiger partial charge in [0.15, 0.2) is 0 Å². The molecule has 0 aliphatic carbocycles. The summed E-state index contributed by atoms with van der Waals surface area (Å²) in [5.74, 6) is -1.73. The SMILES string of the molecule is CC(Cc1cccc(O)c1)NC(=O)/C(=C/c1ccccc1)NC(=O)c1ccccc1F. The molecular weight excluding hydrogens is 395 g/mol. The number of hydrogen-bond acceptors (Lipinski definition) is 3. The number of hydrogen-bond donors (Lipinski definition) is 3. The van der Waals surface area contributed by atoms with Crippen LogP contribution < -0.4 is 10.6 Å². The van der Waals surface area contributed by atoms with Gasteiger partial charge >= 0.3 is 0 Å². The maximum Gasteiger partial charge on any atom is 0.268 e. The van der Waals surface area contributed by atoms with Gasteiger partial charge in [0.05, 0.1) is 5.56 Å². The average molecular weight is 418 g/mol. The molecule has 0 aliphatic heterocycles. The number of carbonyl (C=O) groups excluding carboxylic acids is 2. The van der Waals surface area contributed by atoms with Gasteiger partial charge in [-0.1, -0.05) is 54.6 Å². The molecule has 0 spiro atoms. The van der Waals surface area contributed by atoms with Crippen molar-refractivity contribution in [1.29, 1.82) is 0 Å². The molecular formula is C25H23FN2O3. The van der Waals surface area contributed by atoms with Crippen LogP contribution in [0.4, 0.5) is 4.39 Å². The smallest absolute Gasteiger partial charge is 0.268 e. The van der Waals surface area contributed by atoms with Crippen LogP contribution >= 0.6 is 0 Å². The van der Waals surface area contributed by atoms with E-state index in [9.17, 15) is 19.1 Å². The number of amides is 2. The van der Waals surface area contributed by atoms with Crippen LogP contribution in [-0.2, 0) is 11.2 Å². The fraction of sp³-hybridized carbons (Fsp3) is 0.120. The normalized spacial score (nSPS) is 12.1. The Bertz CT molecular complexity index is 1100. The quantitative estimate of drug-likeness (QED) is 0.507. The third-order valence-electron chi connectivity index (χ3n) is 4.55. The lowest BCUT2D eigenvalue weighted by Gasteiger charge is -2.17.